The molecule has 2 atom stereocenters. The van der Waals surface area contributed by atoms with E-state index in [1.165, 1.54) is 20.4 Å². The van der Waals surface area contributed by atoms with Gasteiger partial charge in [0.1, 0.15) is 27.9 Å². The highest BCUT2D eigenvalue weighted by Crippen LogP contribution is 2.46. The molecular weight excluding hydrogens is 473 g/mol. The zero-order valence-corrected chi connectivity index (χ0v) is 19.5. The molecule has 0 aliphatic carbocycles. The molecule has 2 aromatic heterocycles. The van der Waals surface area contributed by atoms with Gasteiger partial charge in [-0.1, -0.05) is 44.0 Å². The molecule has 0 N–H and O–H groups in total. The van der Waals surface area contributed by atoms with Gasteiger partial charge in [0.2, 0.25) is 0 Å². The van der Waals surface area contributed by atoms with Crippen molar-refractivity contribution >= 4 is 60.8 Å². The minimum Gasteiger partial charge on any atom is -0.495 e. The van der Waals surface area contributed by atoms with E-state index < -0.39 is 5.41 Å². The van der Waals surface area contributed by atoms with Crippen molar-refractivity contribution in [2.45, 2.75) is 11.8 Å². The second kappa shape index (κ2) is 8.12. The zero-order valence-electron chi connectivity index (χ0n) is 16.0. The number of benzene rings is 1. The topological polar surface area (TPSA) is 60.4 Å². The Hall–Kier alpha value is -1.66. The zero-order chi connectivity index (χ0) is 21.6. The molecule has 11 heteroatoms. The van der Waals surface area contributed by atoms with Crippen LogP contribution in [0.25, 0.3) is 22.3 Å². The number of methoxy groups -OCH3 is 2. The third kappa shape index (κ3) is 3.84. The first-order chi connectivity index (χ1) is 14.2. The number of nitrogens with zero attached hydrogens (tertiary/aromatic N) is 4. The van der Waals surface area contributed by atoms with Crippen LogP contribution in [0.1, 0.15) is 6.42 Å². The number of alkyl halides is 1. The summed E-state index contributed by atoms with van der Waals surface area (Å²) in [6, 6.07) is 3.25. The van der Waals surface area contributed by atoms with Crippen molar-refractivity contribution in [3.8, 4) is 22.9 Å². The first kappa shape index (κ1) is 21.6. The lowest BCUT2D eigenvalue weighted by Crippen LogP contribution is -2.25. The number of anilines is 1. The normalized spacial score (nSPS) is 18.8. The fourth-order valence-corrected chi connectivity index (χ4v) is 4.58. The van der Waals surface area contributed by atoms with E-state index in [0.29, 0.717) is 46.7 Å². The van der Waals surface area contributed by atoms with Gasteiger partial charge in [0.15, 0.2) is 5.82 Å². The maximum absolute atomic E-state index is 14.5. The summed E-state index contributed by atoms with van der Waals surface area (Å²) in [7, 11) is 5.24. The smallest absolute Gasteiger partial charge is 0.165 e. The van der Waals surface area contributed by atoms with E-state index in [1.54, 1.807) is 12.1 Å². The Labute approximate surface area is 189 Å². The van der Waals surface area contributed by atoms with Crippen LogP contribution in [0.2, 0.25) is 15.2 Å². The Bertz CT molecular complexity index is 1120. The molecule has 4 rings (SSSR count). The lowest BCUT2D eigenvalue weighted by Gasteiger charge is -2.21. The molecule has 0 amide bonds. The Morgan fingerprint density at radius 1 is 1.10 bits per heavy atom. The lowest BCUT2D eigenvalue weighted by molar-refractivity contribution is 0.318. The quantitative estimate of drug-likeness (QED) is 0.360. The van der Waals surface area contributed by atoms with Gasteiger partial charge in [0.25, 0.3) is 0 Å². The summed E-state index contributed by atoms with van der Waals surface area (Å²) in [5.41, 5.74) is 0.873. The SMILES string of the molecule is COc1cc(OC)c(Cl)c(-c2nc(N3CCC(F)(P)C3)c3cc(Cl)ncc3n2)c1Cl. The number of ether oxygens (including phenoxy) is 2. The van der Waals surface area contributed by atoms with E-state index in [4.69, 9.17) is 49.3 Å². The highest BCUT2D eigenvalue weighted by Gasteiger charge is 2.35. The van der Waals surface area contributed by atoms with Crippen LogP contribution in [0.5, 0.6) is 11.5 Å². The van der Waals surface area contributed by atoms with E-state index >= 15 is 0 Å². The number of pyridine rings is 1. The number of fused-ring (bicyclic) bond motifs is 1. The Morgan fingerprint density at radius 3 is 2.33 bits per heavy atom. The maximum Gasteiger partial charge on any atom is 0.165 e. The van der Waals surface area contributed by atoms with Gasteiger partial charge in [0.05, 0.1) is 48.1 Å². The molecule has 3 aromatic rings. The predicted octanol–water partition coefficient (Wildman–Crippen LogP) is 5.42. The molecule has 2 unspecified atom stereocenters. The molecule has 1 aliphatic heterocycles. The monoisotopic (exact) mass is 488 g/mol. The van der Waals surface area contributed by atoms with E-state index in [9.17, 15) is 4.39 Å². The molecule has 1 aromatic carbocycles. The van der Waals surface area contributed by atoms with Crippen molar-refractivity contribution in [3.05, 3.63) is 33.5 Å². The van der Waals surface area contributed by atoms with Gasteiger partial charge in [-0.25, -0.2) is 19.3 Å². The van der Waals surface area contributed by atoms with Crippen LogP contribution in [0.15, 0.2) is 18.3 Å². The van der Waals surface area contributed by atoms with Crippen LogP contribution >= 0.6 is 44.0 Å². The van der Waals surface area contributed by atoms with Crippen LogP contribution in [0.3, 0.4) is 0 Å². The lowest BCUT2D eigenvalue weighted by atomic mass is 10.1. The minimum atomic E-state index is -1.40. The van der Waals surface area contributed by atoms with Gasteiger partial charge in [-0.3, -0.25) is 0 Å². The van der Waals surface area contributed by atoms with Crippen molar-refractivity contribution < 1.29 is 13.9 Å². The molecule has 1 fully saturated rings. The highest BCUT2D eigenvalue weighted by molar-refractivity contribution is 7.18. The van der Waals surface area contributed by atoms with Crippen molar-refractivity contribution in [3.63, 3.8) is 0 Å². The molecule has 0 bridgehead atoms. The van der Waals surface area contributed by atoms with Gasteiger partial charge in [-0.05, 0) is 6.07 Å². The molecule has 0 saturated carbocycles. The first-order valence-corrected chi connectivity index (χ1v) is 10.6. The van der Waals surface area contributed by atoms with Crippen LogP contribution in [-0.4, -0.2) is 47.7 Å². The van der Waals surface area contributed by atoms with Gasteiger partial charge in [0, 0.05) is 24.4 Å². The van der Waals surface area contributed by atoms with Crippen LogP contribution in [0.4, 0.5) is 10.2 Å². The number of halogens is 4. The van der Waals surface area contributed by atoms with Crippen molar-refractivity contribution in [2.24, 2.45) is 0 Å². The fourth-order valence-electron chi connectivity index (χ4n) is 3.40. The molecule has 1 aliphatic rings. The second-order valence-corrected chi connectivity index (χ2v) is 9.06. The number of hydrogen-bond donors (Lipinski definition) is 0. The third-order valence-corrected chi connectivity index (χ3v) is 6.30. The number of rotatable bonds is 4. The minimum absolute atomic E-state index is 0.159. The molecule has 0 radical (unpaired) electrons. The third-order valence-electron chi connectivity index (χ3n) is 4.88. The fraction of sp³-hybridized carbons (Fsp3) is 0.316. The summed E-state index contributed by atoms with van der Waals surface area (Å²) in [6.45, 7) is 0.639. The first-order valence-electron chi connectivity index (χ1n) is 8.90. The van der Waals surface area contributed by atoms with Gasteiger partial charge in [-0.15, -0.1) is 0 Å². The summed E-state index contributed by atoms with van der Waals surface area (Å²) in [4.78, 5) is 15.3. The summed E-state index contributed by atoms with van der Waals surface area (Å²) >= 11 is 19.2. The van der Waals surface area contributed by atoms with E-state index in [-0.39, 0.29) is 27.6 Å². The Kier molecular flexibility index (Phi) is 5.84. The van der Waals surface area contributed by atoms with E-state index in [1.807, 2.05) is 4.90 Å². The predicted molar refractivity (Wildman–Crippen MR) is 121 cm³/mol. The van der Waals surface area contributed by atoms with Crippen LogP contribution < -0.4 is 14.4 Å². The molecule has 0 spiro atoms. The number of aromatic nitrogens is 3. The van der Waals surface area contributed by atoms with Gasteiger partial charge < -0.3 is 14.4 Å². The summed E-state index contributed by atoms with van der Waals surface area (Å²) < 4.78 is 25.2. The van der Waals surface area contributed by atoms with Crippen LogP contribution in [-0.2, 0) is 0 Å². The highest BCUT2D eigenvalue weighted by atomic mass is 35.5. The average molecular weight is 490 g/mol. The average Bonchev–Trinajstić information content (AvgIpc) is 3.07. The van der Waals surface area contributed by atoms with Crippen LogP contribution in [0, 0.1) is 0 Å². The van der Waals surface area contributed by atoms with Crippen molar-refractivity contribution in [2.75, 3.05) is 32.2 Å². The largest absolute Gasteiger partial charge is 0.495 e. The van der Waals surface area contributed by atoms with Crippen molar-refractivity contribution in [1.29, 1.82) is 0 Å². The molecule has 6 nitrogen and oxygen atoms in total. The molecular formula is C19H17Cl3FN4O2P. The summed E-state index contributed by atoms with van der Waals surface area (Å²) in [6.07, 6.45) is 1.89. The Balaban J connectivity index is 1.99. The summed E-state index contributed by atoms with van der Waals surface area (Å²) in [5.74, 6) is 1.49. The number of hydrogen-bond acceptors (Lipinski definition) is 6. The van der Waals surface area contributed by atoms with Gasteiger partial charge >= 0.3 is 0 Å². The van der Waals surface area contributed by atoms with Crippen molar-refractivity contribution in [1.82, 2.24) is 15.0 Å². The van der Waals surface area contributed by atoms with E-state index in [2.05, 4.69) is 19.2 Å². The standard InChI is InChI=1S/C19H17Cl3FN4O2P/c1-28-11-6-12(29-2)16(22)14(15(11)21)17-25-10-7-24-13(20)5-9(10)18(26-17)27-4-3-19(23,30)8-27/h5-7H,3-4,8,30H2,1-2H3. The van der Waals surface area contributed by atoms with Gasteiger partial charge in [-0.2, -0.15) is 0 Å². The molecule has 1 saturated heterocycles. The molecule has 3 heterocycles. The maximum atomic E-state index is 14.5. The Morgan fingerprint density at radius 2 is 1.77 bits per heavy atom. The second-order valence-electron chi connectivity index (χ2n) is 6.89. The summed E-state index contributed by atoms with van der Waals surface area (Å²) in [5, 5.41) is 0.0212. The molecule has 158 valence electrons. The van der Waals surface area contributed by atoms with E-state index in [0.717, 1.165) is 0 Å². The molecule has 30 heavy (non-hydrogen) atoms.